The number of carboxylic acids is 1. The van der Waals surface area contributed by atoms with Crippen molar-refractivity contribution in [2.45, 2.75) is 19.4 Å². The van der Waals surface area contributed by atoms with Gasteiger partial charge in [-0.2, -0.15) is 0 Å². The predicted molar refractivity (Wildman–Crippen MR) is 120 cm³/mol. The summed E-state index contributed by atoms with van der Waals surface area (Å²) in [5, 5.41) is 28.1. The molecular weight excluding hydrogens is 488 g/mol. The Morgan fingerprint density at radius 1 is 1.06 bits per heavy atom. The van der Waals surface area contributed by atoms with Gasteiger partial charge in [-0.3, -0.25) is 4.79 Å². The summed E-state index contributed by atoms with van der Waals surface area (Å²) >= 11 is 0. The van der Waals surface area contributed by atoms with Crippen molar-refractivity contribution in [2.75, 3.05) is 12.4 Å². The zero-order chi connectivity index (χ0) is 24.8. The topological polar surface area (TPSA) is 145 Å². The Hall–Kier alpha value is -2.47. The van der Waals surface area contributed by atoms with E-state index in [9.17, 15) is 24.6 Å². The van der Waals surface area contributed by atoms with Crippen LogP contribution in [0.1, 0.15) is 23.7 Å². The van der Waals surface area contributed by atoms with Gasteiger partial charge in [0.15, 0.2) is 11.5 Å². The number of pyridine rings is 1. The first kappa shape index (κ1) is 31.6. The van der Waals surface area contributed by atoms with Crippen molar-refractivity contribution in [3.63, 3.8) is 0 Å². The summed E-state index contributed by atoms with van der Waals surface area (Å²) in [6, 6.07) is 12.8. The number of methoxy groups -OCH3 is 1. The molecule has 0 saturated heterocycles. The Morgan fingerprint density at radius 2 is 1.67 bits per heavy atom. The molecule has 0 aliphatic heterocycles. The molecule has 2 amide bonds. The average Bonchev–Trinajstić information content (AvgIpc) is 2.80. The second-order valence-corrected chi connectivity index (χ2v) is 7.44. The Labute approximate surface area is 252 Å². The van der Waals surface area contributed by atoms with Gasteiger partial charge in [0.2, 0.25) is 0 Å². The smallest absolute Gasteiger partial charge is 0.871 e. The van der Waals surface area contributed by atoms with E-state index in [1.807, 2.05) is 0 Å². The van der Waals surface area contributed by atoms with E-state index in [0.29, 0.717) is 28.5 Å². The van der Waals surface area contributed by atoms with Gasteiger partial charge in [0.05, 0.1) is 13.2 Å². The molecule has 0 unspecified atom stereocenters. The molecule has 0 fully saturated rings. The first-order valence-electron chi connectivity index (χ1n) is 10.3. The van der Waals surface area contributed by atoms with Gasteiger partial charge in [-0.05, 0) is 42.8 Å². The second kappa shape index (κ2) is 14.3. The number of nitrogens with zero attached hydrogens (tertiary/aromatic N) is 1. The number of aliphatic carboxylic acids is 1. The van der Waals surface area contributed by atoms with Crippen LogP contribution < -0.4 is 95.0 Å². The number of nitrogens with one attached hydrogen (secondary N) is 2. The van der Waals surface area contributed by atoms with E-state index in [1.54, 1.807) is 55.5 Å². The summed E-state index contributed by atoms with van der Waals surface area (Å²) in [5.74, 6) is -0.543. The van der Waals surface area contributed by atoms with E-state index in [-0.39, 0.29) is 59.1 Å². The fraction of sp³-hybridized carbons (Fsp3) is 0.208. The second-order valence-electron chi connectivity index (χ2n) is 7.44. The molecule has 10 nitrogen and oxygen atoms in total. The first-order chi connectivity index (χ1) is 16.2. The molecule has 12 heteroatoms. The fourth-order valence-electron chi connectivity index (χ4n) is 3.23. The molecule has 178 valence electrons. The van der Waals surface area contributed by atoms with Gasteiger partial charge < -0.3 is 39.7 Å². The number of para-hydroxylation sites is 2. The zero-order valence-electron chi connectivity index (χ0n) is 20.8. The van der Waals surface area contributed by atoms with E-state index < -0.39 is 41.5 Å². The maximum absolute atomic E-state index is 12.5. The summed E-state index contributed by atoms with van der Waals surface area (Å²) in [6.45, 7) is 1.59. The summed E-state index contributed by atoms with van der Waals surface area (Å²) < 4.78 is 12.3. The zero-order valence-corrected chi connectivity index (χ0v) is 24.8. The third-order valence-corrected chi connectivity index (χ3v) is 5.13. The minimum atomic E-state index is -1.39. The van der Waals surface area contributed by atoms with E-state index in [4.69, 9.17) is 9.47 Å². The standard InChI is InChI=1S/C24H25N3O7.2Na/c1-14-12-18(28)22(23(31)27(14)2)26-24(32)25-17(13-21(29)30)15-8-10-16(11-9-15)34-20-7-5-4-6-19(20)33-3;;/h4-12,17,28H,13H2,1-3H3,(H,29,30)(H2,25,26,32);;/q;2*+1/p-2/t17-;;/m0../s1. The largest absolute Gasteiger partial charge is 1.00 e. The SMILES string of the molecule is COc1ccccc1Oc1ccc([C@H](CC(=O)[O-])NC(=O)Nc2c([O-])cc(C)n(C)c2=O)cc1.[Na+].[Na+]. The number of amides is 2. The van der Waals surface area contributed by atoms with Gasteiger partial charge in [0, 0.05) is 25.1 Å². The van der Waals surface area contributed by atoms with Crippen LogP contribution in [0.2, 0.25) is 0 Å². The monoisotopic (exact) mass is 511 g/mol. The van der Waals surface area contributed by atoms with Crippen molar-refractivity contribution in [2.24, 2.45) is 7.05 Å². The van der Waals surface area contributed by atoms with Crippen molar-refractivity contribution in [1.29, 1.82) is 0 Å². The molecule has 2 N–H and O–H groups in total. The normalized spacial score (nSPS) is 10.8. The number of rotatable bonds is 8. The molecule has 0 saturated carbocycles. The molecule has 3 aromatic rings. The Balaban J connectivity index is 0.00000324. The number of anilines is 1. The number of hydrogen-bond donors (Lipinski definition) is 2. The summed E-state index contributed by atoms with van der Waals surface area (Å²) in [7, 11) is 2.99. The number of aryl methyl sites for hydroxylation is 1. The maximum Gasteiger partial charge on any atom is 1.00 e. The van der Waals surface area contributed by atoms with Gasteiger partial charge >= 0.3 is 65.1 Å². The minimum absolute atomic E-state index is 0. The van der Waals surface area contributed by atoms with Crippen molar-refractivity contribution in [1.82, 2.24) is 9.88 Å². The Kier molecular flexibility index (Phi) is 12.5. The number of ether oxygens (including phenoxy) is 2. The molecule has 0 radical (unpaired) electrons. The fourth-order valence-corrected chi connectivity index (χ4v) is 3.23. The van der Waals surface area contributed by atoms with Crippen LogP contribution in [-0.4, -0.2) is 23.7 Å². The van der Waals surface area contributed by atoms with E-state index in [0.717, 1.165) is 0 Å². The van der Waals surface area contributed by atoms with Crippen LogP contribution in [0, 0.1) is 6.92 Å². The molecule has 36 heavy (non-hydrogen) atoms. The molecular formula is C24H23N3Na2O7. The molecule has 2 aromatic carbocycles. The third-order valence-electron chi connectivity index (χ3n) is 5.13. The molecule has 0 aliphatic rings. The van der Waals surface area contributed by atoms with E-state index >= 15 is 0 Å². The van der Waals surface area contributed by atoms with E-state index in [1.165, 1.54) is 24.8 Å². The first-order valence-corrected chi connectivity index (χ1v) is 10.3. The number of hydrogen-bond acceptors (Lipinski definition) is 7. The molecule has 0 bridgehead atoms. The molecule has 1 aromatic heterocycles. The van der Waals surface area contributed by atoms with Crippen molar-refractivity contribution < 1.29 is 88.4 Å². The molecule has 0 spiro atoms. The number of aromatic nitrogens is 1. The van der Waals surface area contributed by atoms with Crippen LogP contribution >= 0.6 is 0 Å². The van der Waals surface area contributed by atoms with Crippen molar-refractivity contribution >= 4 is 17.7 Å². The van der Waals surface area contributed by atoms with Crippen LogP contribution in [0.3, 0.4) is 0 Å². The van der Waals surface area contributed by atoms with Gasteiger partial charge in [-0.15, -0.1) is 0 Å². The van der Waals surface area contributed by atoms with Crippen LogP contribution in [0.5, 0.6) is 23.0 Å². The summed E-state index contributed by atoms with van der Waals surface area (Å²) in [5.41, 5.74) is -0.218. The average molecular weight is 511 g/mol. The van der Waals surface area contributed by atoms with Gasteiger partial charge in [-0.25, -0.2) is 4.79 Å². The number of carboxylic acid groups (broad SMARTS) is 1. The Bertz CT molecular complexity index is 1260. The van der Waals surface area contributed by atoms with Crippen LogP contribution in [0.25, 0.3) is 0 Å². The van der Waals surface area contributed by atoms with Gasteiger partial charge in [0.1, 0.15) is 11.4 Å². The van der Waals surface area contributed by atoms with Crippen LogP contribution in [0.15, 0.2) is 59.4 Å². The van der Waals surface area contributed by atoms with Gasteiger partial charge in [-0.1, -0.05) is 30.0 Å². The van der Waals surface area contributed by atoms with Crippen LogP contribution in [-0.2, 0) is 11.8 Å². The number of carbonyl (C=O) groups excluding carboxylic acids is 2. The van der Waals surface area contributed by atoms with Crippen molar-refractivity contribution in [3.05, 3.63) is 76.2 Å². The number of urea groups is 1. The van der Waals surface area contributed by atoms with Crippen molar-refractivity contribution in [3.8, 4) is 23.0 Å². The quantitative estimate of drug-likeness (QED) is 0.291. The molecule has 1 heterocycles. The molecule has 3 rings (SSSR count). The third kappa shape index (κ3) is 8.02. The Morgan fingerprint density at radius 3 is 2.25 bits per heavy atom. The minimum Gasteiger partial charge on any atom is -0.871 e. The maximum atomic E-state index is 12.5. The molecule has 1 atom stereocenters. The summed E-state index contributed by atoms with van der Waals surface area (Å²) in [4.78, 5) is 36.1. The molecule has 0 aliphatic carbocycles. The predicted octanol–water partition coefficient (Wildman–Crippen LogP) is -4.42. The van der Waals surface area contributed by atoms with E-state index in [2.05, 4.69) is 10.6 Å². The number of benzene rings is 2. The number of carbonyl (C=O) groups is 2. The van der Waals surface area contributed by atoms with Gasteiger partial charge in [0.25, 0.3) is 5.56 Å². The summed E-state index contributed by atoms with van der Waals surface area (Å²) in [6.07, 6.45) is -0.531. The van der Waals surface area contributed by atoms with Crippen LogP contribution in [0.4, 0.5) is 10.5 Å².